The molecular weight excluding hydrogens is 312 g/mol. The number of benzene rings is 2. The lowest BCUT2D eigenvalue weighted by molar-refractivity contribution is 0.0955. The fraction of sp³-hybridized carbons (Fsp3) is 0. The molecule has 0 aliphatic heterocycles. The minimum absolute atomic E-state index is 0.286. The monoisotopic (exact) mass is 328 g/mol. The number of hydrogen-bond donors (Lipinski definition) is 1. The average Bonchev–Trinajstić information content (AvgIpc) is 2.70. The van der Waals surface area contributed by atoms with Gasteiger partial charge >= 0.3 is 0 Å². The van der Waals surface area contributed by atoms with E-state index in [1.54, 1.807) is 42.9 Å². The zero-order chi connectivity index (χ0) is 17.3. The van der Waals surface area contributed by atoms with E-state index in [2.05, 4.69) is 20.5 Å². The van der Waals surface area contributed by atoms with Gasteiger partial charge in [-0.05, 0) is 18.2 Å². The fourth-order valence-corrected chi connectivity index (χ4v) is 2.10. The van der Waals surface area contributed by atoms with E-state index >= 15 is 0 Å². The molecule has 1 aromatic heterocycles. The van der Waals surface area contributed by atoms with Gasteiger partial charge in [0, 0.05) is 35.3 Å². The first-order valence-electron chi connectivity index (χ1n) is 7.75. The molecule has 25 heavy (non-hydrogen) atoms. The van der Waals surface area contributed by atoms with Crippen molar-refractivity contribution in [2.24, 2.45) is 10.1 Å². The van der Waals surface area contributed by atoms with Gasteiger partial charge in [0.2, 0.25) is 0 Å². The van der Waals surface area contributed by atoms with E-state index in [9.17, 15) is 4.79 Å². The van der Waals surface area contributed by atoms with Crippen molar-refractivity contribution >= 4 is 18.0 Å². The Morgan fingerprint density at radius 2 is 1.56 bits per heavy atom. The summed E-state index contributed by atoms with van der Waals surface area (Å²) in [5, 5.41) is 4.18. The number of aromatic nitrogens is 1. The van der Waals surface area contributed by atoms with Gasteiger partial charge in [0.15, 0.2) is 5.84 Å². The number of nitrogens with zero attached hydrogens (tertiary/aromatic N) is 3. The Bertz CT molecular complexity index is 875. The van der Waals surface area contributed by atoms with E-state index in [0.717, 1.165) is 11.1 Å². The number of pyridine rings is 1. The van der Waals surface area contributed by atoms with Gasteiger partial charge in [-0.1, -0.05) is 54.6 Å². The van der Waals surface area contributed by atoms with Gasteiger partial charge in [-0.15, -0.1) is 0 Å². The van der Waals surface area contributed by atoms with Crippen LogP contribution >= 0.6 is 0 Å². The molecule has 0 spiro atoms. The van der Waals surface area contributed by atoms with Crippen molar-refractivity contribution in [2.75, 3.05) is 0 Å². The quantitative estimate of drug-likeness (QED) is 0.454. The van der Waals surface area contributed by atoms with Gasteiger partial charge in [0.25, 0.3) is 5.91 Å². The van der Waals surface area contributed by atoms with Crippen LogP contribution in [0.2, 0.25) is 0 Å². The molecule has 0 atom stereocenters. The van der Waals surface area contributed by atoms with Crippen molar-refractivity contribution in [1.29, 1.82) is 0 Å². The first-order valence-corrected chi connectivity index (χ1v) is 7.75. The second-order valence-electron chi connectivity index (χ2n) is 5.15. The SMILES string of the molecule is O=C(N/N=C(\N=Cc1cccnc1)c1ccccc1)c1ccccc1. The lowest BCUT2D eigenvalue weighted by Crippen LogP contribution is -2.19. The summed E-state index contributed by atoms with van der Waals surface area (Å²) in [5.74, 6) is 0.124. The summed E-state index contributed by atoms with van der Waals surface area (Å²) in [5.41, 5.74) is 4.74. The minimum atomic E-state index is -0.286. The molecule has 0 saturated heterocycles. The third-order valence-electron chi connectivity index (χ3n) is 3.35. The van der Waals surface area contributed by atoms with Crippen LogP contribution in [-0.2, 0) is 0 Å². The molecule has 5 nitrogen and oxygen atoms in total. The van der Waals surface area contributed by atoms with E-state index in [1.807, 2.05) is 48.5 Å². The van der Waals surface area contributed by atoms with Gasteiger partial charge in [-0.2, -0.15) is 5.10 Å². The molecule has 0 aliphatic rings. The Morgan fingerprint density at radius 1 is 0.880 bits per heavy atom. The van der Waals surface area contributed by atoms with E-state index in [4.69, 9.17) is 0 Å². The maximum absolute atomic E-state index is 12.2. The lowest BCUT2D eigenvalue weighted by atomic mass is 10.2. The molecule has 0 unspecified atom stereocenters. The first kappa shape index (κ1) is 16.3. The van der Waals surface area contributed by atoms with Crippen LogP contribution in [0.4, 0.5) is 0 Å². The third kappa shape index (κ3) is 4.68. The topological polar surface area (TPSA) is 66.7 Å². The number of rotatable bonds is 4. The van der Waals surface area contributed by atoms with E-state index in [0.29, 0.717) is 11.4 Å². The average molecular weight is 328 g/mol. The highest BCUT2D eigenvalue weighted by molar-refractivity contribution is 6.06. The molecule has 5 heteroatoms. The Kier molecular flexibility index (Phi) is 5.40. The van der Waals surface area contributed by atoms with Gasteiger partial charge < -0.3 is 0 Å². The number of amides is 1. The first-order chi connectivity index (χ1) is 12.3. The molecule has 0 radical (unpaired) electrons. The number of hydrazone groups is 1. The Hall–Kier alpha value is -3.60. The van der Waals surface area contributed by atoms with Gasteiger partial charge in [0.1, 0.15) is 0 Å². The summed E-state index contributed by atoms with van der Waals surface area (Å²) in [6, 6.07) is 22.1. The van der Waals surface area contributed by atoms with E-state index in [-0.39, 0.29) is 5.91 Å². The van der Waals surface area contributed by atoms with Crippen molar-refractivity contribution in [2.45, 2.75) is 0 Å². The smallest absolute Gasteiger partial charge is 0.267 e. The second kappa shape index (κ2) is 8.31. The molecule has 3 rings (SSSR count). The molecule has 0 fully saturated rings. The highest BCUT2D eigenvalue weighted by Gasteiger charge is 2.05. The van der Waals surface area contributed by atoms with Gasteiger partial charge in [-0.3, -0.25) is 9.78 Å². The maximum Gasteiger partial charge on any atom is 0.271 e. The number of carbonyl (C=O) groups is 1. The summed E-state index contributed by atoms with van der Waals surface area (Å²) in [6.07, 6.45) is 5.06. The standard InChI is InChI=1S/C20H16N4O/c25-20(18-11-5-2-6-12-18)24-23-19(17-9-3-1-4-10-17)22-15-16-8-7-13-21-14-16/h1-15H,(H,24,25)/b22-15?,23-19-. The molecule has 1 amide bonds. The van der Waals surface area contributed by atoms with Crippen molar-refractivity contribution in [3.05, 3.63) is 102 Å². The number of amidine groups is 1. The van der Waals surface area contributed by atoms with Gasteiger partial charge in [-0.25, -0.2) is 10.4 Å². The lowest BCUT2D eigenvalue weighted by Gasteiger charge is -2.03. The van der Waals surface area contributed by atoms with Crippen LogP contribution in [0, 0.1) is 0 Å². The largest absolute Gasteiger partial charge is 0.271 e. The minimum Gasteiger partial charge on any atom is -0.267 e. The van der Waals surface area contributed by atoms with Crippen molar-refractivity contribution < 1.29 is 4.79 Å². The van der Waals surface area contributed by atoms with E-state index in [1.165, 1.54) is 0 Å². The highest BCUT2D eigenvalue weighted by Crippen LogP contribution is 2.04. The molecule has 1 heterocycles. The molecular formula is C20H16N4O. The fourth-order valence-electron chi connectivity index (χ4n) is 2.10. The molecule has 1 N–H and O–H groups in total. The maximum atomic E-state index is 12.2. The molecule has 2 aromatic carbocycles. The molecule has 0 bridgehead atoms. The van der Waals surface area contributed by atoms with Crippen LogP contribution in [-0.4, -0.2) is 22.9 Å². The molecule has 0 saturated carbocycles. The zero-order valence-electron chi connectivity index (χ0n) is 13.4. The summed E-state index contributed by atoms with van der Waals surface area (Å²) in [7, 11) is 0. The van der Waals surface area contributed by atoms with E-state index < -0.39 is 0 Å². The summed E-state index contributed by atoms with van der Waals surface area (Å²) < 4.78 is 0. The molecule has 122 valence electrons. The number of aliphatic imine (C=N–C) groups is 1. The van der Waals surface area contributed by atoms with Crippen LogP contribution < -0.4 is 5.43 Å². The van der Waals surface area contributed by atoms with Gasteiger partial charge in [0.05, 0.1) is 0 Å². The van der Waals surface area contributed by atoms with Crippen LogP contribution in [0.25, 0.3) is 0 Å². The summed E-state index contributed by atoms with van der Waals surface area (Å²) >= 11 is 0. The van der Waals surface area contributed by atoms with Crippen molar-refractivity contribution in [1.82, 2.24) is 10.4 Å². The second-order valence-corrected chi connectivity index (χ2v) is 5.15. The number of hydrogen-bond acceptors (Lipinski definition) is 3. The number of nitrogens with one attached hydrogen (secondary N) is 1. The van der Waals surface area contributed by atoms with Crippen molar-refractivity contribution in [3.63, 3.8) is 0 Å². The zero-order valence-corrected chi connectivity index (χ0v) is 13.4. The Morgan fingerprint density at radius 3 is 2.20 bits per heavy atom. The van der Waals surface area contributed by atoms with Crippen molar-refractivity contribution in [3.8, 4) is 0 Å². The normalized spacial score (nSPS) is 11.4. The van der Waals surface area contributed by atoms with Crippen LogP contribution in [0.15, 0.2) is 95.3 Å². The molecule has 0 aliphatic carbocycles. The highest BCUT2D eigenvalue weighted by atomic mass is 16.2. The summed E-state index contributed by atoms with van der Waals surface area (Å²) in [6.45, 7) is 0. The predicted molar refractivity (Wildman–Crippen MR) is 98.7 cm³/mol. The predicted octanol–water partition coefficient (Wildman–Crippen LogP) is 3.29. The van der Waals surface area contributed by atoms with Crippen LogP contribution in [0.1, 0.15) is 21.5 Å². The van der Waals surface area contributed by atoms with Crippen LogP contribution in [0.3, 0.4) is 0 Å². The summed E-state index contributed by atoms with van der Waals surface area (Å²) in [4.78, 5) is 20.6. The Labute approximate surface area is 145 Å². The third-order valence-corrected chi connectivity index (χ3v) is 3.35. The Balaban J connectivity index is 1.84. The number of carbonyl (C=O) groups excluding carboxylic acids is 1. The molecule has 3 aromatic rings. The van der Waals surface area contributed by atoms with Crippen LogP contribution in [0.5, 0.6) is 0 Å².